The molecule has 1 aliphatic rings. The molecule has 0 N–H and O–H groups in total. The van der Waals surface area contributed by atoms with Gasteiger partial charge in [0.05, 0.1) is 18.6 Å². The van der Waals surface area contributed by atoms with Crippen molar-refractivity contribution in [3.63, 3.8) is 0 Å². The second-order valence-corrected chi connectivity index (χ2v) is 5.08. The molecule has 1 aliphatic heterocycles. The van der Waals surface area contributed by atoms with Gasteiger partial charge in [-0.2, -0.15) is 0 Å². The lowest BCUT2D eigenvalue weighted by Gasteiger charge is -2.32. The summed E-state index contributed by atoms with van der Waals surface area (Å²) < 4.78 is 5.43. The Kier molecular flexibility index (Phi) is 4.49. The molecular weight excluding hydrogens is 273 g/mol. The van der Waals surface area contributed by atoms with E-state index >= 15 is 0 Å². The molecule has 1 fully saturated rings. The molecule has 0 aromatic heterocycles. The quantitative estimate of drug-likeness (QED) is 0.783. The molecule has 1 heterocycles. The van der Waals surface area contributed by atoms with Crippen molar-refractivity contribution in [2.45, 2.75) is 13.0 Å². The minimum Gasteiger partial charge on any atom is -0.373 e. The smallest absolute Gasteiger partial charge is 0.254 e. The lowest BCUT2D eigenvalue weighted by atomic mass is 10.1. The number of morpholine rings is 1. The number of hydrogen-bond acceptors (Lipinski definition) is 2. The molecule has 1 atom stereocenters. The van der Waals surface area contributed by atoms with Crippen LogP contribution >= 0.6 is 23.2 Å². The Morgan fingerprint density at radius 2 is 2.33 bits per heavy atom. The molecule has 1 unspecified atom stereocenters. The predicted octanol–water partition coefficient (Wildman–Crippen LogP) is 2.73. The fourth-order valence-electron chi connectivity index (χ4n) is 1.91. The van der Waals surface area contributed by atoms with Crippen molar-refractivity contribution in [1.29, 1.82) is 0 Å². The summed E-state index contributed by atoms with van der Waals surface area (Å²) in [6.07, 6.45) is -0.0784. The van der Waals surface area contributed by atoms with Gasteiger partial charge in [-0.15, -0.1) is 11.6 Å². The van der Waals surface area contributed by atoms with E-state index in [1.54, 1.807) is 17.0 Å². The van der Waals surface area contributed by atoms with E-state index in [9.17, 15) is 4.79 Å². The topological polar surface area (TPSA) is 29.5 Å². The Bertz CT molecular complexity index is 451. The maximum Gasteiger partial charge on any atom is 0.254 e. The highest BCUT2D eigenvalue weighted by molar-refractivity contribution is 6.31. The first kappa shape index (κ1) is 13.7. The van der Waals surface area contributed by atoms with Crippen LogP contribution in [0.25, 0.3) is 0 Å². The van der Waals surface area contributed by atoms with Gasteiger partial charge in [-0.05, 0) is 24.6 Å². The first-order chi connectivity index (χ1) is 8.61. The van der Waals surface area contributed by atoms with Crippen LogP contribution in [0.3, 0.4) is 0 Å². The summed E-state index contributed by atoms with van der Waals surface area (Å²) in [5, 5.41) is 0.614. The molecule has 3 nitrogen and oxygen atoms in total. The van der Waals surface area contributed by atoms with Crippen LogP contribution in [-0.2, 0) is 4.74 Å². The van der Waals surface area contributed by atoms with Crippen molar-refractivity contribution < 1.29 is 9.53 Å². The zero-order valence-electron chi connectivity index (χ0n) is 10.2. The van der Waals surface area contributed by atoms with Crippen LogP contribution in [0.1, 0.15) is 15.9 Å². The minimum atomic E-state index is -0.0784. The number of nitrogens with zero attached hydrogens (tertiary/aromatic N) is 1. The van der Waals surface area contributed by atoms with E-state index in [4.69, 9.17) is 27.9 Å². The third-order valence-corrected chi connectivity index (χ3v) is 3.77. The summed E-state index contributed by atoms with van der Waals surface area (Å²) in [5.41, 5.74) is 1.58. The van der Waals surface area contributed by atoms with Gasteiger partial charge in [-0.1, -0.05) is 17.7 Å². The molecule has 1 aromatic rings. The van der Waals surface area contributed by atoms with E-state index in [0.29, 0.717) is 36.2 Å². The number of carbonyl (C=O) groups excluding carboxylic acids is 1. The van der Waals surface area contributed by atoms with Crippen molar-refractivity contribution in [3.05, 3.63) is 34.3 Å². The molecule has 2 rings (SSSR count). The molecule has 98 valence electrons. The fraction of sp³-hybridized carbons (Fsp3) is 0.462. The highest BCUT2D eigenvalue weighted by atomic mass is 35.5. The first-order valence-electron chi connectivity index (χ1n) is 5.85. The van der Waals surface area contributed by atoms with Gasteiger partial charge in [-0.3, -0.25) is 4.79 Å². The number of hydrogen-bond donors (Lipinski definition) is 0. The Labute approximate surface area is 117 Å². The standard InChI is InChI=1S/C13H15Cl2NO2/c1-9-2-3-10(6-12(9)15)13(17)16-4-5-18-11(7-14)8-16/h2-3,6,11H,4-5,7-8H2,1H3. The summed E-state index contributed by atoms with van der Waals surface area (Å²) in [4.78, 5) is 14.1. The summed E-state index contributed by atoms with van der Waals surface area (Å²) in [7, 11) is 0. The molecule has 1 saturated heterocycles. The van der Waals surface area contributed by atoms with Crippen LogP contribution in [0.2, 0.25) is 5.02 Å². The predicted molar refractivity (Wildman–Crippen MR) is 72.6 cm³/mol. The van der Waals surface area contributed by atoms with Crippen molar-refractivity contribution in [1.82, 2.24) is 4.90 Å². The largest absolute Gasteiger partial charge is 0.373 e. The lowest BCUT2D eigenvalue weighted by molar-refractivity contribution is -0.0108. The van der Waals surface area contributed by atoms with Crippen LogP contribution in [0.5, 0.6) is 0 Å². The summed E-state index contributed by atoms with van der Waals surface area (Å²) in [6.45, 7) is 3.57. The fourth-order valence-corrected chi connectivity index (χ4v) is 2.27. The zero-order valence-corrected chi connectivity index (χ0v) is 11.7. The van der Waals surface area contributed by atoms with Gasteiger partial charge in [0.25, 0.3) is 5.91 Å². The number of halogens is 2. The number of carbonyl (C=O) groups is 1. The van der Waals surface area contributed by atoms with E-state index < -0.39 is 0 Å². The molecule has 1 aromatic carbocycles. The third-order valence-electron chi connectivity index (χ3n) is 3.02. The molecule has 0 radical (unpaired) electrons. The highest BCUT2D eigenvalue weighted by Gasteiger charge is 2.24. The van der Waals surface area contributed by atoms with Crippen LogP contribution in [0, 0.1) is 6.92 Å². The third kappa shape index (κ3) is 2.97. The lowest BCUT2D eigenvalue weighted by Crippen LogP contribution is -2.46. The molecule has 1 amide bonds. The Morgan fingerprint density at radius 3 is 3.00 bits per heavy atom. The van der Waals surface area contributed by atoms with Gasteiger partial charge in [-0.25, -0.2) is 0 Å². The van der Waals surface area contributed by atoms with Gasteiger partial charge in [0.15, 0.2) is 0 Å². The Morgan fingerprint density at radius 1 is 1.56 bits per heavy atom. The first-order valence-corrected chi connectivity index (χ1v) is 6.76. The summed E-state index contributed by atoms with van der Waals surface area (Å²) in [5.74, 6) is 0.383. The van der Waals surface area contributed by atoms with Crippen LogP contribution in [0.15, 0.2) is 18.2 Å². The van der Waals surface area contributed by atoms with Crippen molar-refractivity contribution >= 4 is 29.1 Å². The van der Waals surface area contributed by atoms with Crippen molar-refractivity contribution in [3.8, 4) is 0 Å². The normalized spacial score (nSPS) is 19.9. The number of rotatable bonds is 2. The van der Waals surface area contributed by atoms with E-state index in [1.165, 1.54) is 0 Å². The number of ether oxygens (including phenoxy) is 1. The highest BCUT2D eigenvalue weighted by Crippen LogP contribution is 2.19. The number of alkyl halides is 1. The average Bonchev–Trinajstić information content (AvgIpc) is 2.41. The van der Waals surface area contributed by atoms with Gasteiger partial charge in [0.1, 0.15) is 0 Å². The second-order valence-electron chi connectivity index (χ2n) is 4.36. The van der Waals surface area contributed by atoms with Crippen molar-refractivity contribution in [2.75, 3.05) is 25.6 Å². The summed E-state index contributed by atoms with van der Waals surface area (Å²) >= 11 is 11.8. The molecule has 0 saturated carbocycles. The maximum absolute atomic E-state index is 12.3. The van der Waals surface area contributed by atoms with Gasteiger partial charge in [0.2, 0.25) is 0 Å². The SMILES string of the molecule is Cc1ccc(C(=O)N2CCOC(CCl)C2)cc1Cl. The Balaban J connectivity index is 2.12. The number of aryl methyl sites for hydroxylation is 1. The van der Waals surface area contributed by atoms with Crippen LogP contribution in [0.4, 0.5) is 0 Å². The van der Waals surface area contributed by atoms with E-state index in [2.05, 4.69) is 0 Å². The Hall–Kier alpha value is -0.770. The minimum absolute atomic E-state index is 0.0182. The molecular formula is C13H15Cl2NO2. The van der Waals surface area contributed by atoms with Crippen LogP contribution in [-0.4, -0.2) is 42.5 Å². The maximum atomic E-state index is 12.3. The summed E-state index contributed by atoms with van der Waals surface area (Å²) in [6, 6.07) is 5.37. The molecule has 0 bridgehead atoms. The molecule has 0 spiro atoms. The van der Waals surface area contributed by atoms with Gasteiger partial charge in [0, 0.05) is 23.7 Å². The monoisotopic (exact) mass is 287 g/mol. The van der Waals surface area contributed by atoms with E-state index in [1.807, 2.05) is 13.0 Å². The molecule has 18 heavy (non-hydrogen) atoms. The zero-order chi connectivity index (χ0) is 13.1. The molecule has 5 heteroatoms. The van der Waals surface area contributed by atoms with Gasteiger partial charge >= 0.3 is 0 Å². The van der Waals surface area contributed by atoms with E-state index in [0.717, 1.165) is 5.56 Å². The molecule has 0 aliphatic carbocycles. The number of benzene rings is 1. The van der Waals surface area contributed by atoms with E-state index in [-0.39, 0.29) is 12.0 Å². The van der Waals surface area contributed by atoms with Gasteiger partial charge < -0.3 is 9.64 Å². The van der Waals surface area contributed by atoms with Crippen LogP contribution < -0.4 is 0 Å². The number of amides is 1. The second kappa shape index (κ2) is 5.91. The average molecular weight is 288 g/mol. The van der Waals surface area contributed by atoms with Crippen molar-refractivity contribution in [2.24, 2.45) is 0 Å².